The van der Waals surface area contributed by atoms with Crippen molar-refractivity contribution in [2.24, 2.45) is 11.8 Å². The molecule has 0 bridgehead atoms. The summed E-state index contributed by atoms with van der Waals surface area (Å²) < 4.78 is 9.67. The topological polar surface area (TPSA) is 88.9 Å². The maximum Gasteiger partial charge on any atom is 0.328 e. The predicted octanol–water partition coefficient (Wildman–Crippen LogP) is 1.45. The highest BCUT2D eigenvalue weighted by molar-refractivity contribution is 5.94. The molecule has 0 aliphatic carbocycles. The summed E-state index contributed by atoms with van der Waals surface area (Å²) in [5.41, 5.74) is 0.517. The molecule has 0 aromatic carbocycles. The van der Waals surface area contributed by atoms with Crippen LogP contribution in [0.4, 0.5) is 0 Å². The van der Waals surface area contributed by atoms with Gasteiger partial charge >= 0.3 is 5.97 Å². The summed E-state index contributed by atoms with van der Waals surface area (Å²) in [5, 5.41) is 2.78. The number of esters is 1. The minimum atomic E-state index is -0.645. The zero-order chi connectivity index (χ0) is 17.7. The van der Waals surface area contributed by atoms with E-state index in [0.29, 0.717) is 31.5 Å². The molecule has 0 radical (unpaired) electrons. The van der Waals surface area contributed by atoms with Crippen molar-refractivity contribution in [1.29, 1.82) is 0 Å². The maximum atomic E-state index is 12.4. The van der Waals surface area contributed by atoms with Crippen LogP contribution < -0.4 is 5.32 Å². The van der Waals surface area contributed by atoms with Crippen molar-refractivity contribution in [3.8, 4) is 0 Å². The van der Waals surface area contributed by atoms with Crippen LogP contribution in [-0.4, -0.2) is 48.9 Å². The van der Waals surface area contributed by atoms with Gasteiger partial charge < -0.3 is 19.4 Å². The van der Waals surface area contributed by atoms with E-state index in [0.717, 1.165) is 0 Å². The van der Waals surface area contributed by atoms with Crippen molar-refractivity contribution in [3.05, 3.63) is 24.2 Å². The molecule has 1 atom stereocenters. The van der Waals surface area contributed by atoms with Gasteiger partial charge in [-0.3, -0.25) is 9.59 Å². The Morgan fingerprint density at radius 1 is 1.29 bits per heavy atom. The maximum absolute atomic E-state index is 12.4. The first-order valence-electron chi connectivity index (χ1n) is 8.13. The molecule has 1 fully saturated rings. The number of nitrogens with one attached hydrogen (secondary N) is 1. The number of hydrogen-bond donors (Lipinski definition) is 1. The molecule has 0 saturated carbocycles. The molecule has 1 unspecified atom stereocenters. The van der Waals surface area contributed by atoms with E-state index in [2.05, 4.69) is 5.32 Å². The Bertz CT molecular complexity index is 574. The van der Waals surface area contributed by atoms with Gasteiger partial charge in [-0.15, -0.1) is 0 Å². The van der Waals surface area contributed by atoms with E-state index in [1.165, 1.54) is 19.6 Å². The lowest BCUT2D eigenvalue weighted by molar-refractivity contribution is -0.147. The van der Waals surface area contributed by atoms with E-state index in [1.54, 1.807) is 11.0 Å². The summed E-state index contributed by atoms with van der Waals surface area (Å²) in [4.78, 5) is 38.1. The molecule has 2 rings (SSSR count). The van der Waals surface area contributed by atoms with Crippen LogP contribution in [0, 0.1) is 11.8 Å². The molecule has 7 nitrogen and oxygen atoms in total. The van der Waals surface area contributed by atoms with Crippen LogP contribution in [-0.2, 0) is 14.3 Å². The van der Waals surface area contributed by atoms with Crippen molar-refractivity contribution in [3.63, 3.8) is 0 Å². The molecule has 1 saturated heterocycles. The Hall–Kier alpha value is -2.31. The van der Waals surface area contributed by atoms with Gasteiger partial charge in [-0.05, 0) is 24.8 Å². The van der Waals surface area contributed by atoms with Crippen LogP contribution in [0.15, 0.2) is 23.0 Å². The van der Waals surface area contributed by atoms with E-state index in [-0.39, 0.29) is 23.7 Å². The third-order valence-electron chi connectivity index (χ3n) is 4.34. The van der Waals surface area contributed by atoms with Crippen molar-refractivity contribution < 1.29 is 23.5 Å². The van der Waals surface area contributed by atoms with E-state index >= 15 is 0 Å². The summed E-state index contributed by atoms with van der Waals surface area (Å²) in [6, 6.07) is 0.984. The normalized spacial score (nSPS) is 16.8. The second kappa shape index (κ2) is 7.99. The SMILES string of the molecule is COC(=O)C(NC(=O)C1CCN(C(=O)c2ccoc2)CC1)C(C)C. The highest BCUT2D eigenvalue weighted by atomic mass is 16.5. The number of carbonyl (C=O) groups excluding carboxylic acids is 3. The number of rotatable bonds is 5. The number of carbonyl (C=O) groups is 3. The second-order valence-electron chi connectivity index (χ2n) is 6.33. The van der Waals surface area contributed by atoms with Crippen LogP contribution in [0.2, 0.25) is 0 Å². The Labute approximate surface area is 141 Å². The van der Waals surface area contributed by atoms with Gasteiger partial charge in [0.05, 0.1) is 18.9 Å². The molecule has 1 N–H and O–H groups in total. The van der Waals surface area contributed by atoms with E-state index in [4.69, 9.17) is 9.15 Å². The van der Waals surface area contributed by atoms with Gasteiger partial charge in [-0.25, -0.2) is 4.79 Å². The Morgan fingerprint density at radius 2 is 1.96 bits per heavy atom. The highest BCUT2D eigenvalue weighted by Gasteiger charge is 2.31. The summed E-state index contributed by atoms with van der Waals surface area (Å²) in [5.74, 6) is -0.939. The second-order valence-corrected chi connectivity index (χ2v) is 6.33. The molecule has 7 heteroatoms. The zero-order valence-electron chi connectivity index (χ0n) is 14.3. The molecule has 1 aromatic heterocycles. The van der Waals surface area contributed by atoms with Gasteiger partial charge in [0.15, 0.2) is 0 Å². The Morgan fingerprint density at radius 3 is 2.46 bits per heavy atom. The zero-order valence-corrected chi connectivity index (χ0v) is 14.3. The number of nitrogens with zero attached hydrogens (tertiary/aromatic N) is 1. The summed E-state index contributed by atoms with van der Waals surface area (Å²) in [7, 11) is 1.31. The lowest BCUT2D eigenvalue weighted by Crippen LogP contribution is -2.49. The monoisotopic (exact) mass is 336 g/mol. The first-order valence-corrected chi connectivity index (χ1v) is 8.13. The minimum absolute atomic E-state index is 0.0517. The molecule has 1 aliphatic rings. The van der Waals surface area contributed by atoms with Crippen LogP contribution in [0.5, 0.6) is 0 Å². The van der Waals surface area contributed by atoms with Crippen molar-refractivity contribution in [1.82, 2.24) is 10.2 Å². The van der Waals surface area contributed by atoms with Gasteiger partial charge in [-0.1, -0.05) is 13.8 Å². The number of likely N-dealkylation sites (tertiary alicyclic amines) is 1. The molecule has 132 valence electrons. The third kappa shape index (κ3) is 4.15. The lowest BCUT2D eigenvalue weighted by Gasteiger charge is -2.32. The third-order valence-corrected chi connectivity index (χ3v) is 4.34. The lowest BCUT2D eigenvalue weighted by atomic mass is 9.94. The Kier molecular flexibility index (Phi) is 6.00. The minimum Gasteiger partial charge on any atom is -0.472 e. The quantitative estimate of drug-likeness (QED) is 0.822. The standard InChI is InChI=1S/C17H24N2O5/c1-11(2)14(17(22)23-3)18-15(20)12-4-7-19(8-5-12)16(21)13-6-9-24-10-13/h6,9-12,14H,4-5,7-8H2,1-3H3,(H,18,20). The van der Waals surface area contributed by atoms with Gasteiger partial charge in [0, 0.05) is 19.0 Å². The van der Waals surface area contributed by atoms with Gasteiger partial charge in [0.25, 0.3) is 5.91 Å². The van der Waals surface area contributed by atoms with Crippen LogP contribution in [0.25, 0.3) is 0 Å². The molecular weight excluding hydrogens is 312 g/mol. The molecule has 1 aliphatic heterocycles. The number of furan rings is 1. The van der Waals surface area contributed by atoms with Gasteiger partial charge in [0.1, 0.15) is 12.3 Å². The van der Waals surface area contributed by atoms with Crippen LogP contribution in [0.3, 0.4) is 0 Å². The fraction of sp³-hybridized carbons (Fsp3) is 0.588. The first-order chi connectivity index (χ1) is 11.4. The summed E-state index contributed by atoms with van der Waals surface area (Å²) in [6.07, 6.45) is 4.03. The number of methoxy groups -OCH3 is 1. The summed E-state index contributed by atoms with van der Waals surface area (Å²) >= 11 is 0. The van der Waals surface area contributed by atoms with Gasteiger partial charge in [0.2, 0.25) is 5.91 Å². The fourth-order valence-electron chi connectivity index (χ4n) is 2.81. The smallest absolute Gasteiger partial charge is 0.328 e. The molecule has 1 aromatic rings. The number of ether oxygens (including phenoxy) is 1. The molecule has 24 heavy (non-hydrogen) atoms. The largest absolute Gasteiger partial charge is 0.472 e. The van der Waals surface area contributed by atoms with Crippen molar-refractivity contribution in [2.75, 3.05) is 20.2 Å². The van der Waals surface area contributed by atoms with E-state index in [9.17, 15) is 14.4 Å². The average molecular weight is 336 g/mol. The number of amides is 2. The predicted molar refractivity (Wildman–Crippen MR) is 86.1 cm³/mol. The van der Waals surface area contributed by atoms with E-state index < -0.39 is 12.0 Å². The molecule has 0 spiro atoms. The van der Waals surface area contributed by atoms with Crippen LogP contribution >= 0.6 is 0 Å². The summed E-state index contributed by atoms with van der Waals surface area (Å²) in [6.45, 7) is 4.72. The molecular formula is C17H24N2O5. The van der Waals surface area contributed by atoms with Crippen LogP contribution in [0.1, 0.15) is 37.0 Å². The molecule has 2 amide bonds. The number of hydrogen-bond acceptors (Lipinski definition) is 5. The van der Waals surface area contributed by atoms with Crippen molar-refractivity contribution in [2.45, 2.75) is 32.7 Å². The van der Waals surface area contributed by atoms with Crippen molar-refractivity contribution >= 4 is 17.8 Å². The first kappa shape index (κ1) is 18.0. The Balaban J connectivity index is 1.88. The average Bonchev–Trinajstić information content (AvgIpc) is 3.12. The fourth-order valence-corrected chi connectivity index (χ4v) is 2.81. The molecule has 2 heterocycles. The van der Waals surface area contributed by atoms with Gasteiger partial charge in [-0.2, -0.15) is 0 Å². The highest BCUT2D eigenvalue weighted by Crippen LogP contribution is 2.20. The number of piperidine rings is 1. The van der Waals surface area contributed by atoms with E-state index in [1.807, 2.05) is 13.8 Å².